The van der Waals surface area contributed by atoms with Crippen LogP contribution in [0.5, 0.6) is 0 Å². The highest BCUT2D eigenvalue weighted by Gasteiger charge is 2.08. The van der Waals surface area contributed by atoms with Crippen LogP contribution in [0.15, 0.2) is 36.5 Å². The summed E-state index contributed by atoms with van der Waals surface area (Å²) in [6.07, 6.45) is 1.64. The van der Waals surface area contributed by atoms with Crippen molar-refractivity contribution in [1.29, 1.82) is 0 Å². The summed E-state index contributed by atoms with van der Waals surface area (Å²) in [7, 11) is 0. The van der Waals surface area contributed by atoms with Crippen LogP contribution in [0.2, 0.25) is 0 Å². The second kappa shape index (κ2) is 4.75. The summed E-state index contributed by atoms with van der Waals surface area (Å²) >= 11 is 0. The molecule has 0 saturated heterocycles. The number of rotatable bonds is 2. The van der Waals surface area contributed by atoms with Crippen molar-refractivity contribution in [1.82, 2.24) is 4.98 Å². The molecule has 2 rings (SSSR count). The molecule has 1 aromatic heterocycles. The molecule has 0 saturated carbocycles. The highest BCUT2D eigenvalue weighted by molar-refractivity contribution is 6.04. The number of hydrogen-bond donors (Lipinski definition) is 3. The van der Waals surface area contributed by atoms with Gasteiger partial charge in [-0.1, -0.05) is 0 Å². The van der Waals surface area contributed by atoms with Gasteiger partial charge in [-0.25, -0.2) is 4.98 Å². The van der Waals surface area contributed by atoms with E-state index in [1.165, 1.54) is 0 Å². The summed E-state index contributed by atoms with van der Waals surface area (Å²) in [4.78, 5) is 16.0. The summed E-state index contributed by atoms with van der Waals surface area (Å²) < 4.78 is 0. The van der Waals surface area contributed by atoms with Gasteiger partial charge < -0.3 is 16.8 Å². The number of anilines is 3. The number of nitrogens with two attached hydrogens (primary N) is 2. The van der Waals surface area contributed by atoms with Crippen LogP contribution in [0.4, 0.5) is 17.2 Å². The maximum absolute atomic E-state index is 12.0. The standard InChI is InChI=1S/C13H14N4O/c1-8-2-3-16-12(4-8)17-13(18)9-5-10(14)7-11(15)6-9/h2-7H,14-15H2,1H3,(H,16,17,18). The Bertz CT molecular complexity index is 575. The largest absolute Gasteiger partial charge is 0.399 e. The second-order valence-electron chi connectivity index (χ2n) is 4.06. The van der Waals surface area contributed by atoms with E-state index in [1.54, 1.807) is 30.5 Å². The SMILES string of the molecule is Cc1ccnc(NC(=O)c2cc(N)cc(N)c2)c1. The second-order valence-corrected chi connectivity index (χ2v) is 4.06. The lowest BCUT2D eigenvalue weighted by molar-refractivity contribution is 0.102. The Morgan fingerprint density at radius 3 is 2.44 bits per heavy atom. The van der Waals surface area contributed by atoms with E-state index in [-0.39, 0.29) is 5.91 Å². The molecule has 0 aliphatic carbocycles. The molecule has 1 amide bonds. The van der Waals surface area contributed by atoms with Crippen molar-refractivity contribution in [3.8, 4) is 0 Å². The van der Waals surface area contributed by atoms with Crippen molar-refractivity contribution in [3.63, 3.8) is 0 Å². The van der Waals surface area contributed by atoms with Gasteiger partial charge in [0.05, 0.1) is 0 Å². The molecule has 0 bridgehead atoms. The number of aryl methyl sites for hydroxylation is 1. The highest BCUT2D eigenvalue weighted by Crippen LogP contribution is 2.15. The van der Waals surface area contributed by atoms with Crippen molar-refractivity contribution in [2.45, 2.75) is 6.92 Å². The zero-order valence-corrected chi connectivity index (χ0v) is 9.97. The number of nitrogen functional groups attached to an aromatic ring is 2. The number of benzene rings is 1. The fourth-order valence-corrected chi connectivity index (χ4v) is 1.60. The van der Waals surface area contributed by atoms with Gasteiger partial charge in [0, 0.05) is 23.1 Å². The molecule has 18 heavy (non-hydrogen) atoms. The van der Waals surface area contributed by atoms with Crippen molar-refractivity contribution < 1.29 is 4.79 Å². The fourth-order valence-electron chi connectivity index (χ4n) is 1.60. The number of carbonyl (C=O) groups excluding carboxylic acids is 1. The zero-order chi connectivity index (χ0) is 13.1. The Labute approximate surface area is 105 Å². The van der Waals surface area contributed by atoms with E-state index in [4.69, 9.17) is 11.5 Å². The molecular weight excluding hydrogens is 228 g/mol. The first-order chi connectivity index (χ1) is 8.54. The molecule has 0 fully saturated rings. The maximum atomic E-state index is 12.0. The number of aromatic nitrogens is 1. The van der Waals surface area contributed by atoms with Crippen LogP contribution in [0, 0.1) is 6.92 Å². The van der Waals surface area contributed by atoms with Gasteiger partial charge in [0.25, 0.3) is 5.91 Å². The minimum Gasteiger partial charge on any atom is -0.399 e. The monoisotopic (exact) mass is 242 g/mol. The van der Waals surface area contributed by atoms with Gasteiger partial charge in [0.2, 0.25) is 0 Å². The van der Waals surface area contributed by atoms with Crippen molar-refractivity contribution in [2.75, 3.05) is 16.8 Å². The Hall–Kier alpha value is -2.56. The molecule has 0 aliphatic heterocycles. The van der Waals surface area contributed by atoms with Gasteiger partial charge in [-0.15, -0.1) is 0 Å². The quantitative estimate of drug-likeness (QED) is 0.700. The molecule has 5 nitrogen and oxygen atoms in total. The van der Waals surface area contributed by atoms with E-state index in [0.29, 0.717) is 22.8 Å². The molecular formula is C13H14N4O. The summed E-state index contributed by atoms with van der Waals surface area (Å²) in [5.41, 5.74) is 13.6. The molecule has 92 valence electrons. The minimum atomic E-state index is -0.285. The van der Waals surface area contributed by atoms with Gasteiger partial charge in [0.15, 0.2) is 0 Å². The smallest absolute Gasteiger partial charge is 0.256 e. The number of carbonyl (C=O) groups is 1. The van der Waals surface area contributed by atoms with Crippen LogP contribution < -0.4 is 16.8 Å². The topological polar surface area (TPSA) is 94.0 Å². The predicted molar refractivity (Wildman–Crippen MR) is 72.2 cm³/mol. The van der Waals surface area contributed by atoms with Crippen LogP contribution in [-0.2, 0) is 0 Å². The van der Waals surface area contributed by atoms with Crippen LogP contribution in [0.25, 0.3) is 0 Å². The fraction of sp³-hybridized carbons (Fsp3) is 0.0769. The number of nitrogens with zero attached hydrogens (tertiary/aromatic N) is 1. The first-order valence-corrected chi connectivity index (χ1v) is 5.44. The Morgan fingerprint density at radius 1 is 1.17 bits per heavy atom. The Kier molecular flexibility index (Phi) is 3.14. The average Bonchev–Trinajstić information content (AvgIpc) is 2.27. The summed E-state index contributed by atoms with van der Waals surface area (Å²) in [6, 6.07) is 8.38. The molecule has 0 aliphatic rings. The first-order valence-electron chi connectivity index (χ1n) is 5.44. The molecule has 0 radical (unpaired) electrons. The summed E-state index contributed by atoms with van der Waals surface area (Å²) in [5.74, 6) is 0.216. The number of nitrogens with one attached hydrogen (secondary N) is 1. The van der Waals surface area contributed by atoms with Crippen LogP contribution >= 0.6 is 0 Å². The number of pyridine rings is 1. The van der Waals surface area contributed by atoms with E-state index in [9.17, 15) is 4.79 Å². The molecule has 1 aromatic carbocycles. The lowest BCUT2D eigenvalue weighted by atomic mass is 10.1. The molecule has 0 atom stereocenters. The normalized spacial score (nSPS) is 10.1. The highest BCUT2D eigenvalue weighted by atomic mass is 16.1. The van der Waals surface area contributed by atoms with Gasteiger partial charge in [-0.05, 0) is 42.8 Å². The Balaban J connectivity index is 2.22. The lowest BCUT2D eigenvalue weighted by Crippen LogP contribution is -2.13. The van der Waals surface area contributed by atoms with Crippen LogP contribution in [0.3, 0.4) is 0 Å². The van der Waals surface area contributed by atoms with E-state index in [1.807, 2.05) is 13.0 Å². The van der Waals surface area contributed by atoms with Gasteiger partial charge in [-0.3, -0.25) is 4.79 Å². The minimum absolute atomic E-state index is 0.285. The maximum Gasteiger partial charge on any atom is 0.256 e. The summed E-state index contributed by atoms with van der Waals surface area (Å²) in [5, 5.41) is 2.69. The van der Waals surface area contributed by atoms with Gasteiger partial charge >= 0.3 is 0 Å². The lowest BCUT2D eigenvalue weighted by Gasteiger charge is -2.06. The van der Waals surface area contributed by atoms with Crippen molar-refractivity contribution in [2.24, 2.45) is 0 Å². The third kappa shape index (κ3) is 2.76. The van der Waals surface area contributed by atoms with Gasteiger partial charge in [0.1, 0.15) is 5.82 Å². The first kappa shape index (κ1) is 11.9. The van der Waals surface area contributed by atoms with E-state index in [0.717, 1.165) is 5.56 Å². The van der Waals surface area contributed by atoms with Gasteiger partial charge in [-0.2, -0.15) is 0 Å². The van der Waals surface area contributed by atoms with E-state index in [2.05, 4.69) is 10.3 Å². The van der Waals surface area contributed by atoms with Crippen LogP contribution in [-0.4, -0.2) is 10.9 Å². The molecule has 1 heterocycles. The number of amides is 1. The molecule has 2 aromatic rings. The summed E-state index contributed by atoms with van der Waals surface area (Å²) in [6.45, 7) is 1.93. The molecule has 0 unspecified atom stereocenters. The molecule has 0 spiro atoms. The predicted octanol–water partition coefficient (Wildman–Crippen LogP) is 1.81. The zero-order valence-electron chi connectivity index (χ0n) is 9.97. The molecule has 5 heteroatoms. The van der Waals surface area contributed by atoms with E-state index >= 15 is 0 Å². The third-order valence-corrected chi connectivity index (χ3v) is 2.40. The Morgan fingerprint density at radius 2 is 1.83 bits per heavy atom. The molecule has 5 N–H and O–H groups in total. The van der Waals surface area contributed by atoms with E-state index < -0.39 is 0 Å². The average molecular weight is 242 g/mol. The third-order valence-electron chi connectivity index (χ3n) is 2.40. The van der Waals surface area contributed by atoms with Crippen molar-refractivity contribution in [3.05, 3.63) is 47.7 Å². The van der Waals surface area contributed by atoms with Crippen LogP contribution in [0.1, 0.15) is 15.9 Å². The number of hydrogen-bond acceptors (Lipinski definition) is 4. The van der Waals surface area contributed by atoms with Crippen molar-refractivity contribution >= 4 is 23.1 Å².